The average Bonchev–Trinajstić information content (AvgIpc) is 2.82. The van der Waals surface area contributed by atoms with Crippen LogP contribution in [0.2, 0.25) is 0 Å². The van der Waals surface area contributed by atoms with E-state index >= 15 is 0 Å². The summed E-state index contributed by atoms with van der Waals surface area (Å²) < 4.78 is 13.8. The summed E-state index contributed by atoms with van der Waals surface area (Å²) in [6.07, 6.45) is 3.55. The predicted octanol–water partition coefficient (Wildman–Crippen LogP) is 2.62. The summed E-state index contributed by atoms with van der Waals surface area (Å²) in [5.41, 5.74) is 0.543. The standard InChI is InChI=1S/C19H25FN2O2S/c1-13-5-4-9-22(10-8-13)19(24)16-12-25-17(18(23)21-16)11-14-6-2-3-7-15(14)20/h2-3,6-7,13,16-17H,4-5,8-12H2,1H3,(H,21,23). The largest absolute Gasteiger partial charge is 0.343 e. The number of carbonyl (C=O) groups is 2. The highest BCUT2D eigenvalue weighted by Gasteiger charge is 2.35. The third kappa shape index (κ3) is 4.54. The Morgan fingerprint density at radius 3 is 2.88 bits per heavy atom. The molecule has 0 spiro atoms. The van der Waals surface area contributed by atoms with Crippen LogP contribution in [0.5, 0.6) is 0 Å². The van der Waals surface area contributed by atoms with Gasteiger partial charge in [0, 0.05) is 18.8 Å². The van der Waals surface area contributed by atoms with Crippen molar-refractivity contribution in [2.75, 3.05) is 18.8 Å². The van der Waals surface area contributed by atoms with E-state index in [9.17, 15) is 14.0 Å². The highest BCUT2D eigenvalue weighted by atomic mass is 32.2. The summed E-state index contributed by atoms with van der Waals surface area (Å²) in [5.74, 6) is 0.779. The number of benzene rings is 1. The van der Waals surface area contributed by atoms with Crippen molar-refractivity contribution >= 4 is 23.6 Å². The van der Waals surface area contributed by atoms with E-state index < -0.39 is 6.04 Å². The molecule has 2 aliphatic heterocycles. The van der Waals surface area contributed by atoms with Crippen molar-refractivity contribution in [1.29, 1.82) is 0 Å². The van der Waals surface area contributed by atoms with Crippen LogP contribution in [0.4, 0.5) is 4.39 Å². The van der Waals surface area contributed by atoms with Crippen LogP contribution in [0.15, 0.2) is 24.3 Å². The first-order valence-corrected chi connectivity index (χ1v) is 10.0. The molecule has 25 heavy (non-hydrogen) atoms. The molecular formula is C19H25FN2O2S. The van der Waals surface area contributed by atoms with E-state index in [0.29, 0.717) is 23.7 Å². The van der Waals surface area contributed by atoms with Gasteiger partial charge in [-0.25, -0.2) is 4.39 Å². The molecule has 3 atom stereocenters. The molecule has 0 radical (unpaired) electrons. The molecule has 6 heteroatoms. The normalized spacial score (nSPS) is 27.5. The lowest BCUT2D eigenvalue weighted by atomic mass is 10.0. The Morgan fingerprint density at radius 1 is 1.32 bits per heavy atom. The summed E-state index contributed by atoms with van der Waals surface area (Å²) in [6, 6.07) is 6.08. The van der Waals surface area contributed by atoms with Gasteiger partial charge in [0.2, 0.25) is 11.8 Å². The molecule has 2 heterocycles. The Labute approximate surface area is 152 Å². The maximum absolute atomic E-state index is 13.8. The number of hydrogen-bond acceptors (Lipinski definition) is 3. The minimum absolute atomic E-state index is 0.0271. The molecule has 3 unspecified atom stereocenters. The molecule has 136 valence electrons. The van der Waals surface area contributed by atoms with Crippen molar-refractivity contribution in [1.82, 2.24) is 10.2 Å². The lowest BCUT2D eigenvalue weighted by Crippen LogP contribution is -2.55. The second kappa shape index (κ2) is 8.21. The minimum Gasteiger partial charge on any atom is -0.343 e. The number of likely N-dealkylation sites (tertiary alicyclic amines) is 1. The Bertz CT molecular complexity index is 640. The molecule has 4 nitrogen and oxygen atoms in total. The SMILES string of the molecule is CC1CCCN(C(=O)C2CSC(Cc3ccccc3F)C(=O)N2)CC1. The number of thioether (sulfide) groups is 1. The minimum atomic E-state index is -0.456. The van der Waals surface area contributed by atoms with Gasteiger partial charge in [-0.3, -0.25) is 9.59 Å². The van der Waals surface area contributed by atoms with Gasteiger partial charge in [0.25, 0.3) is 0 Å². The zero-order valence-electron chi connectivity index (χ0n) is 14.5. The van der Waals surface area contributed by atoms with Crippen LogP contribution in [0, 0.1) is 11.7 Å². The van der Waals surface area contributed by atoms with Crippen LogP contribution in [0.3, 0.4) is 0 Å². The summed E-state index contributed by atoms with van der Waals surface area (Å²) >= 11 is 1.45. The van der Waals surface area contributed by atoms with Crippen molar-refractivity contribution in [3.8, 4) is 0 Å². The fraction of sp³-hybridized carbons (Fsp3) is 0.579. The number of halogens is 1. The number of nitrogens with zero attached hydrogens (tertiary/aromatic N) is 1. The Hall–Kier alpha value is -1.56. The zero-order valence-corrected chi connectivity index (χ0v) is 15.4. The predicted molar refractivity (Wildman–Crippen MR) is 97.9 cm³/mol. The van der Waals surface area contributed by atoms with E-state index in [-0.39, 0.29) is 22.9 Å². The molecule has 3 rings (SSSR count). The summed E-state index contributed by atoms with van der Waals surface area (Å²) in [4.78, 5) is 27.0. The molecule has 2 amide bonds. The van der Waals surface area contributed by atoms with Crippen LogP contribution in [0.25, 0.3) is 0 Å². The third-order valence-corrected chi connectivity index (χ3v) is 6.37. The molecular weight excluding hydrogens is 339 g/mol. The van der Waals surface area contributed by atoms with Crippen molar-refractivity contribution in [3.05, 3.63) is 35.6 Å². The molecule has 2 fully saturated rings. The van der Waals surface area contributed by atoms with E-state index in [1.165, 1.54) is 17.8 Å². The Kier molecular flexibility index (Phi) is 5.99. The number of nitrogens with one attached hydrogen (secondary N) is 1. The third-order valence-electron chi connectivity index (χ3n) is 5.06. The molecule has 0 saturated carbocycles. The van der Waals surface area contributed by atoms with Gasteiger partial charge in [0.05, 0.1) is 5.25 Å². The maximum atomic E-state index is 13.8. The van der Waals surface area contributed by atoms with Crippen molar-refractivity contribution in [2.24, 2.45) is 5.92 Å². The fourth-order valence-electron chi connectivity index (χ4n) is 3.45. The van der Waals surface area contributed by atoms with E-state index in [1.54, 1.807) is 18.2 Å². The second-order valence-electron chi connectivity index (χ2n) is 7.04. The lowest BCUT2D eigenvalue weighted by molar-refractivity contribution is -0.136. The smallest absolute Gasteiger partial charge is 0.246 e. The summed E-state index contributed by atoms with van der Waals surface area (Å²) in [7, 11) is 0. The van der Waals surface area contributed by atoms with Gasteiger partial charge in [0.1, 0.15) is 11.9 Å². The van der Waals surface area contributed by atoms with Crippen molar-refractivity contribution in [2.45, 2.75) is 43.9 Å². The van der Waals surface area contributed by atoms with Crippen molar-refractivity contribution < 1.29 is 14.0 Å². The van der Waals surface area contributed by atoms with Crippen LogP contribution in [-0.2, 0) is 16.0 Å². The van der Waals surface area contributed by atoms with E-state index in [4.69, 9.17) is 0 Å². The fourth-order valence-corrected chi connectivity index (χ4v) is 4.61. The van der Waals surface area contributed by atoms with Gasteiger partial charge >= 0.3 is 0 Å². The van der Waals surface area contributed by atoms with E-state index in [0.717, 1.165) is 32.4 Å². The highest BCUT2D eigenvalue weighted by Crippen LogP contribution is 2.25. The van der Waals surface area contributed by atoms with Gasteiger partial charge in [0.15, 0.2) is 0 Å². The molecule has 0 aromatic heterocycles. The molecule has 1 aromatic rings. The molecule has 0 bridgehead atoms. The summed E-state index contributed by atoms with van der Waals surface area (Å²) in [6.45, 7) is 3.77. The van der Waals surface area contributed by atoms with Crippen LogP contribution < -0.4 is 5.32 Å². The van der Waals surface area contributed by atoms with Gasteiger partial charge in [-0.2, -0.15) is 0 Å². The topological polar surface area (TPSA) is 49.4 Å². The van der Waals surface area contributed by atoms with E-state index in [1.807, 2.05) is 4.90 Å². The number of amides is 2. The molecule has 1 aromatic carbocycles. The first-order chi connectivity index (χ1) is 12.0. The first-order valence-electron chi connectivity index (χ1n) is 8.98. The maximum Gasteiger partial charge on any atom is 0.246 e. The lowest BCUT2D eigenvalue weighted by Gasteiger charge is -2.32. The van der Waals surface area contributed by atoms with Crippen LogP contribution >= 0.6 is 11.8 Å². The quantitative estimate of drug-likeness (QED) is 0.897. The van der Waals surface area contributed by atoms with Gasteiger partial charge in [-0.15, -0.1) is 11.8 Å². The number of carbonyl (C=O) groups excluding carboxylic acids is 2. The first kappa shape index (κ1) is 18.2. The Balaban J connectivity index is 1.57. The molecule has 0 aliphatic carbocycles. The second-order valence-corrected chi connectivity index (χ2v) is 8.28. The molecule has 1 N–H and O–H groups in total. The number of hydrogen-bond donors (Lipinski definition) is 1. The summed E-state index contributed by atoms with van der Waals surface area (Å²) in [5, 5.41) is 2.52. The monoisotopic (exact) mass is 364 g/mol. The Morgan fingerprint density at radius 2 is 2.12 bits per heavy atom. The van der Waals surface area contributed by atoms with Gasteiger partial charge < -0.3 is 10.2 Å². The zero-order chi connectivity index (χ0) is 17.8. The average molecular weight is 364 g/mol. The highest BCUT2D eigenvalue weighted by molar-refractivity contribution is 8.00. The van der Waals surface area contributed by atoms with Gasteiger partial charge in [-0.1, -0.05) is 25.1 Å². The number of rotatable bonds is 3. The van der Waals surface area contributed by atoms with Crippen molar-refractivity contribution in [3.63, 3.8) is 0 Å². The van der Waals surface area contributed by atoms with Crippen LogP contribution in [0.1, 0.15) is 31.7 Å². The molecule has 2 saturated heterocycles. The molecule has 2 aliphatic rings. The van der Waals surface area contributed by atoms with E-state index in [2.05, 4.69) is 12.2 Å². The van der Waals surface area contributed by atoms with Crippen LogP contribution in [-0.4, -0.2) is 46.8 Å². The van der Waals surface area contributed by atoms with Gasteiger partial charge in [-0.05, 0) is 43.2 Å².